The lowest BCUT2D eigenvalue weighted by Crippen LogP contribution is -2.52. The van der Waals surface area contributed by atoms with Crippen LogP contribution >= 0.6 is 11.6 Å². The molecule has 180 valence electrons. The fourth-order valence-corrected chi connectivity index (χ4v) is 4.03. The SMILES string of the molecule is CCC(C)NC(=O)C(C)N(Cc1ccc(Cl)cc1)C(=O)CN(c1ccc(F)cc1)S(C)(=O)=O. The highest BCUT2D eigenvalue weighted by atomic mass is 35.5. The number of amides is 2. The largest absolute Gasteiger partial charge is 0.352 e. The van der Waals surface area contributed by atoms with Crippen molar-refractivity contribution in [3.63, 3.8) is 0 Å². The number of sulfonamides is 1. The van der Waals surface area contributed by atoms with E-state index < -0.39 is 34.3 Å². The summed E-state index contributed by atoms with van der Waals surface area (Å²) in [6, 6.07) is 10.7. The van der Waals surface area contributed by atoms with Gasteiger partial charge in [-0.05, 0) is 62.2 Å². The van der Waals surface area contributed by atoms with Crippen molar-refractivity contribution < 1.29 is 22.4 Å². The van der Waals surface area contributed by atoms with Gasteiger partial charge in [-0.3, -0.25) is 13.9 Å². The van der Waals surface area contributed by atoms with Gasteiger partial charge in [0, 0.05) is 17.6 Å². The maximum atomic E-state index is 13.4. The van der Waals surface area contributed by atoms with Crippen LogP contribution < -0.4 is 9.62 Å². The Kier molecular flexibility index (Phi) is 9.25. The summed E-state index contributed by atoms with van der Waals surface area (Å²) in [5.41, 5.74) is 0.874. The third-order valence-corrected chi connectivity index (χ3v) is 6.62. The first-order chi connectivity index (χ1) is 15.4. The second-order valence-corrected chi connectivity index (χ2v) is 10.2. The van der Waals surface area contributed by atoms with Gasteiger partial charge in [-0.1, -0.05) is 30.7 Å². The van der Waals surface area contributed by atoms with Gasteiger partial charge in [-0.25, -0.2) is 12.8 Å². The van der Waals surface area contributed by atoms with Crippen molar-refractivity contribution in [2.24, 2.45) is 0 Å². The Labute approximate surface area is 199 Å². The Morgan fingerprint density at radius 2 is 1.64 bits per heavy atom. The van der Waals surface area contributed by atoms with E-state index in [2.05, 4.69) is 5.32 Å². The monoisotopic (exact) mass is 497 g/mol. The van der Waals surface area contributed by atoms with E-state index >= 15 is 0 Å². The van der Waals surface area contributed by atoms with E-state index in [-0.39, 0.29) is 24.2 Å². The fraction of sp³-hybridized carbons (Fsp3) is 0.391. The number of nitrogens with zero attached hydrogens (tertiary/aromatic N) is 2. The van der Waals surface area contributed by atoms with Crippen LogP contribution in [0.1, 0.15) is 32.8 Å². The van der Waals surface area contributed by atoms with Crippen LogP contribution in [0.5, 0.6) is 0 Å². The fourth-order valence-electron chi connectivity index (χ4n) is 3.06. The van der Waals surface area contributed by atoms with Gasteiger partial charge >= 0.3 is 0 Å². The molecule has 0 aliphatic rings. The van der Waals surface area contributed by atoms with E-state index in [0.717, 1.165) is 34.7 Å². The minimum Gasteiger partial charge on any atom is -0.352 e. The van der Waals surface area contributed by atoms with Crippen LogP contribution in [0.3, 0.4) is 0 Å². The molecule has 0 bridgehead atoms. The summed E-state index contributed by atoms with van der Waals surface area (Å²) in [7, 11) is -3.86. The van der Waals surface area contributed by atoms with E-state index in [9.17, 15) is 22.4 Å². The lowest BCUT2D eigenvalue weighted by Gasteiger charge is -2.32. The molecular formula is C23H29ClFN3O4S. The van der Waals surface area contributed by atoms with Gasteiger partial charge in [0.1, 0.15) is 18.4 Å². The maximum absolute atomic E-state index is 13.4. The predicted octanol–water partition coefficient (Wildman–Crippen LogP) is 3.58. The molecule has 7 nitrogen and oxygen atoms in total. The van der Waals surface area contributed by atoms with E-state index in [1.807, 2.05) is 13.8 Å². The first-order valence-electron chi connectivity index (χ1n) is 10.5. The molecule has 0 radical (unpaired) electrons. The summed E-state index contributed by atoms with van der Waals surface area (Å²) in [5.74, 6) is -1.45. The number of carbonyl (C=O) groups is 2. The summed E-state index contributed by atoms with van der Waals surface area (Å²) in [4.78, 5) is 27.5. The van der Waals surface area contributed by atoms with Crippen LogP contribution in [0.15, 0.2) is 48.5 Å². The zero-order valence-corrected chi connectivity index (χ0v) is 20.7. The third kappa shape index (κ3) is 7.71. The highest BCUT2D eigenvalue weighted by Gasteiger charge is 2.30. The number of halogens is 2. The van der Waals surface area contributed by atoms with E-state index in [0.29, 0.717) is 5.02 Å². The summed E-state index contributed by atoms with van der Waals surface area (Å²) in [6.07, 6.45) is 1.68. The van der Waals surface area contributed by atoms with Gasteiger partial charge in [-0.15, -0.1) is 0 Å². The van der Waals surface area contributed by atoms with Crippen LogP contribution in [0, 0.1) is 5.82 Å². The summed E-state index contributed by atoms with van der Waals surface area (Å²) >= 11 is 5.95. The first kappa shape index (κ1) is 26.6. The third-order valence-electron chi connectivity index (χ3n) is 5.23. The molecule has 0 fully saturated rings. The lowest BCUT2D eigenvalue weighted by atomic mass is 10.1. The van der Waals surface area contributed by atoms with Gasteiger partial charge in [0.25, 0.3) is 0 Å². The summed E-state index contributed by atoms with van der Waals surface area (Å²) in [5, 5.41) is 3.38. The average molecular weight is 498 g/mol. The molecule has 2 aromatic rings. The number of rotatable bonds is 10. The quantitative estimate of drug-likeness (QED) is 0.543. The minimum atomic E-state index is -3.86. The van der Waals surface area contributed by atoms with Crippen LogP contribution in [-0.2, 0) is 26.2 Å². The van der Waals surface area contributed by atoms with Crippen molar-refractivity contribution in [1.29, 1.82) is 0 Å². The van der Waals surface area contributed by atoms with Crippen molar-refractivity contribution in [3.8, 4) is 0 Å². The summed E-state index contributed by atoms with van der Waals surface area (Å²) < 4.78 is 39.1. The molecule has 0 saturated heterocycles. The predicted molar refractivity (Wildman–Crippen MR) is 128 cm³/mol. The number of nitrogens with one attached hydrogen (secondary N) is 1. The highest BCUT2D eigenvalue weighted by Crippen LogP contribution is 2.20. The van der Waals surface area contributed by atoms with Gasteiger partial charge in [-0.2, -0.15) is 0 Å². The molecule has 10 heteroatoms. The molecule has 0 spiro atoms. The molecule has 1 N–H and O–H groups in total. The van der Waals surface area contributed by atoms with E-state index in [1.165, 1.54) is 17.0 Å². The molecule has 0 aliphatic carbocycles. The molecule has 2 atom stereocenters. The zero-order valence-electron chi connectivity index (χ0n) is 19.1. The van der Waals surface area contributed by atoms with Gasteiger partial charge in [0.2, 0.25) is 21.8 Å². The molecule has 2 amide bonds. The van der Waals surface area contributed by atoms with Crippen LogP contribution in [0.2, 0.25) is 5.02 Å². The smallest absolute Gasteiger partial charge is 0.244 e. The van der Waals surface area contributed by atoms with Crippen molar-refractivity contribution >= 4 is 39.1 Å². The molecular weight excluding hydrogens is 469 g/mol. The molecule has 33 heavy (non-hydrogen) atoms. The lowest BCUT2D eigenvalue weighted by molar-refractivity contribution is -0.139. The van der Waals surface area contributed by atoms with E-state index in [4.69, 9.17) is 11.6 Å². The van der Waals surface area contributed by atoms with Crippen molar-refractivity contribution in [3.05, 3.63) is 64.9 Å². The second-order valence-electron chi connectivity index (χ2n) is 7.89. The Morgan fingerprint density at radius 3 is 2.15 bits per heavy atom. The molecule has 2 unspecified atom stereocenters. The van der Waals surface area contributed by atoms with Gasteiger partial charge in [0.15, 0.2) is 0 Å². The molecule has 0 heterocycles. The molecule has 0 saturated carbocycles. The zero-order chi connectivity index (χ0) is 24.8. The molecule has 0 aromatic heterocycles. The normalized spacial score (nSPS) is 13.2. The van der Waals surface area contributed by atoms with Gasteiger partial charge < -0.3 is 10.2 Å². The van der Waals surface area contributed by atoms with Crippen molar-refractivity contribution in [1.82, 2.24) is 10.2 Å². The van der Waals surface area contributed by atoms with Crippen LogP contribution in [0.25, 0.3) is 0 Å². The Balaban J connectivity index is 2.36. The number of hydrogen-bond donors (Lipinski definition) is 1. The van der Waals surface area contributed by atoms with Crippen LogP contribution in [0.4, 0.5) is 10.1 Å². The standard InChI is InChI=1S/C23H29ClFN3O4S/c1-5-16(2)26-23(30)17(3)27(14-18-6-8-19(24)9-7-18)22(29)15-28(33(4,31)32)21-12-10-20(25)11-13-21/h6-13,16-17H,5,14-15H2,1-4H3,(H,26,30). The number of benzene rings is 2. The second kappa shape index (κ2) is 11.5. The minimum absolute atomic E-state index is 0.0755. The van der Waals surface area contributed by atoms with Crippen molar-refractivity contribution in [2.45, 2.75) is 45.8 Å². The Hall–Kier alpha value is -2.65. The topological polar surface area (TPSA) is 86.8 Å². The van der Waals surface area contributed by atoms with Crippen molar-refractivity contribution in [2.75, 3.05) is 17.1 Å². The average Bonchev–Trinajstić information content (AvgIpc) is 2.76. The Bertz CT molecular complexity index is 1060. The Morgan fingerprint density at radius 1 is 1.06 bits per heavy atom. The molecule has 2 rings (SSSR count). The number of hydrogen-bond acceptors (Lipinski definition) is 4. The van der Waals surface area contributed by atoms with E-state index in [1.54, 1.807) is 31.2 Å². The number of anilines is 1. The molecule has 0 aliphatic heterocycles. The molecule has 2 aromatic carbocycles. The van der Waals surface area contributed by atoms with Gasteiger partial charge in [0.05, 0.1) is 11.9 Å². The van der Waals surface area contributed by atoms with Crippen LogP contribution in [-0.4, -0.2) is 50.0 Å². The number of carbonyl (C=O) groups excluding carboxylic acids is 2. The highest BCUT2D eigenvalue weighted by molar-refractivity contribution is 7.92. The maximum Gasteiger partial charge on any atom is 0.244 e. The summed E-state index contributed by atoms with van der Waals surface area (Å²) in [6.45, 7) is 4.91. The first-order valence-corrected chi connectivity index (χ1v) is 12.7.